The van der Waals surface area contributed by atoms with Crippen molar-refractivity contribution in [2.75, 3.05) is 24.5 Å². The zero-order chi connectivity index (χ0) is 12.7. The second kappa shape index (κ2) is 4.31. The number of nitrogens with zero attached hydrogens (tertiary/aromatic N) is 3. The lowest BCUT2D eigenvalue weighted by Gasteiger charge is -2.54. The van der Waals surface area contributed by atoms with Gasteiger partial charge in [-0.05, 0) is 18.6 Å². The van der Waals surface area contributed by atoms with E-state index in [1.807, 2.05) is 6.07 Å². The van der Waals surface area contributed by atoms with Gasteiger partial charge in [0.15, 0.2) is 0 Å². The Hall–Kier alpha value is -1.49. The minimum atomic E-state index is -0.825. The van der Waals surface area contributed by atoms with E-state index in [9.17, 15) is 4.79 Å². The fourth-order valence-electron chi connectivity index (χ4n) is 2.80. The first-order chi connectivity index (χ1) is 8.65. The van der Waals surface area contributed by atoms with Gasteiger partial charge in [0.2, 0.25) is 0 Å². The number of hydrogen-bond donors (Lipinski definition) is 1. The van der Waals surface area contributed by atoms with Gasteiger partial charge in [0.1, 0.15) is 5.15 Å². The number of pyridine rings is 1. The van der Waals surface area contributed by atoms with Gasteiger partial charge in [0, 0.05) is 25.6 Å². The molecule has 96 valence electrons. The average molecular weight is 268 g/mol. The van der Waals surface area contributed by atoms with E-state index in [0.29, 0.717) is 24.2 Å². The largest absolute Gasteiger partial charge is 0.465 e. The lowest BCUT2D eigenvalue weighted by Crippen LogP contribution is -2.65. The van der Waals surface area contributed by atoms with Crippen molar-refractivity contribution in [1.82, 2.24) is 9.88 Å². The maximum atomic E-state index is 11.0. The van der Waals surface area contributed by atoms with E-state index in [1.54, 1.807) is 12.3 Å². The van der Waals surface area contributed by atoms with Crippen LogP contribution in [0, 0.1) is 5.92 Å². The van der Waals surface area contributed by atoms with E-state index in [-0.39, 0.29) is 6.04 Å². The number of anilines is 1. The van der Waals surface area contributed by atoms with Crippen LogP contribution in [0.4, 0.5) is 10.5 Å². The maximum absolute atomic E-state index is 11.0. The van der Waals surface area contributed by atoms with Crippen LogP contribution in [-0.4, -0.2) is 46.8 Å². The lowest BCUT2D eigenvalue weighted by atomic mass is 9.82. The second-order valence-corrected chi connectivity index (χ2v) is 5.22. The van der Waals surface area contributed by atoms with E-state index in [2.05, 4.69) is 9.88 Å². The van der Waals surface area contributed by atoms with Crippen molar-refractivity contribution in [2.24, 2.45) is 5.92 Å². The number of halogens is 1. The van der Waals surface area contributed by atoms with E-state index in [4.69, 9.17) is 16.7 Å². The van der Waals surface area contributed by atoms with Gasteiger partial charge < -0.3 is 14.9 Å². The lowest BCUT2D eigenvalue weighted by molar-refractivity contribution is 0.0945. The summed E-state index contributed by atoms with van der Waals surface area (Å²) in [6.45, 7) is 2.23. The van der Waals surface area contributed by atoms with Crippen LogP contribution in [0.1, 0.15) is 6.42 Å². The van der Waals surface area contributed by atoms with Crippen molar-refractivity contribution in [3.63, 3.8) is 0 Å². The summed E-state index contributed by atoms with van der Waals surface area (Å²) in [5.41, 5.74) is 1.02. The SMILES string of the molecule is O=C(O)N1CC[C@H]2CN(c3ccc(Cl)nc3)[C@H]2C1. The summed E-state index contributed by atoms with van der Waals surface area (Å²) in [5.74, 6) is 0.608. The molecule has 3 heterocycles. The fourth-order valence-corrected chi connectivity index (χ4v) is 2.92. The zero-order valence-corrected chi connectivity index (χ0v) is 10.5. The van der Waals surface area contributed by atoms with Gasteiger partial charge in [-0.3, -0.25) is 0 Å². The van der Waals surface area contributed by atoms with Gasteiger partial charge in [-0.15, -0.1) is 0 Å². The molecular weight excluding hydrogens is 254 g/mol. The molecule has 5 nitrogen and oxygen atoms in total. The monoisotopic (exact) mass is 267 g/mol. The number of hydrogen-bond acceptors (Lipinski definition) is 3. The number of rotatable bonds is 1. The molecule has 2 aliphatic heterocycles. The van der Waals surface area contributed by atoms with Gasteiger partial charge in [-0.25, -0.2) is 9.78 Å². The summed E-state index contributed by atoms with van der Waals surface area (Å²) in [6, 6.07) is 3.99. The predicted octanol–water partition coefficient (Wildman–Crippen LogP) is 1.92. The molecule has 1 amide bonds. The number of likely N-dealkylation sites (tertiary alicyclic amines) is 1. The van der Waals surface area contributed by atoms with E-state index < -0.39 is 6.09 Å². The first-order valence-electron chi connectivity index (χ1n) is 6.01. The first-order valence-corrected chi connectivity index (χ1v) is 6.39. The molecule has 2 fully saturated rings. The van der Waals surface area contributed by atoms with Crippen molar-refractivity contribution >= 4 is 23.4 Å². The summed E-state index contributed by atoms with van der Waals surface area (Å²) in [7, 11) is 0. The minimum absolute atomic E-state index is 0.290. The average Bonchev–Trinajstić information content (AvgIpc) is 2.33. The topological polar surface area (TPSA) is 56.7 Å². The van der Waals surface area contributed by atoms with Crippen LogP contribution in [0.5, 0.6) is 0 Å². The van der Waals surface area contributed by atoms with Crippen LogP contribution in [0.25, 0.3) is 0 Å². The predicted molar refractivity (Wildman–Crippen MR) is 68.1 cm³/mol. The van der Waals surface area contributed by atoms with Crippen molar-refractivity contribution in [3.8, 4) is 0 Å². The Morgan fingerprint density at radius 3 is 2.94 bits per heavy atom. The van der Waals surface area contributed by atoms with E-state index in [1.165, 1.54) is 4.90 Å². The molecule has 0 saturated carbocycles. The summed E-state index contributed by atoms with van der Waals surface area (Å²) in [5, 5.41) is 9.52. The molecule has 1 aromatic rings. The first kappa shape index (κ1) is 11.6. The number of aromatic nitrogens is 1. The van der Waals surface area contributed by atoms with Crippen molar-refractivity contribution < 1.29 is 9.90 Å². The summed E-state index contributed by atoms with van der Waals surface area (Å²) < 4.78 is 0. The van der Waals surface area contributed by atoms with Crippen LogP contribution >= 0.6 is 11.6 Å². The van der Waals surface area contributed by atoms with Gasteiger partial charge in [0.25, 0.3) is 0 Å². The molecular formula is C12H14ClN3O2. The van der Waals surface area contributed by atoms with Gasteiger partial charge >= 0.3 is 6.09 Å². The molecule has 18 heavy (non-hydrogen) atoms. The van der Waals surface area contributed by atoms with Crippen LogP contribution in [0.3, 0.4) is 0 Å². The third-order valence-electron chi connectivity index (χ3n) is 3.87. The molecule has 6 heteroatoms. The van der Waals surface area contributed by atoms with Crippen LogP contribution in [0.15, 0.2) is 18.3 Å². The highest BCUT2D eigenvalue weighted by atomic mass is 35.5. The number of amides is 1. The molecule has 1 aromatic heterocycles. The Morgan fingerprint density at radius 1 is 1.44 bits per heavy atom. The minimum Gasteiger partial charge on any atom is -0.465 e. The summed E-state index contributed by atoms with van der Waals surface area (Å²) in [4.78, 5) is 18.8. The van der Waals surface area contributed by atoms with Crippen LogP contribution < -0.4 is 4.90 Å². The maximum Gasteiger partial charge on any atom is 0.407 e. The molecule has 0 aliphatic carbocycles. The smallest absolute Gasteiger partial charge is 0.407 e. The molecule has 0 spiro atoms. The summed E-state index contributed by atoms with van der Waals surface area (Å²) in [6.07, 6.45) is 1.88. The quantitative estimate of drug-likeness (QED) is 0.790. The van der Waals surface area contributed by atoms with Crippen molar-refractivity contribution in [1.29, 1.82) is 0 Å². The molecule has 0 unspecified atom stereocenters. The molecule has 0 bridgehead atoms. The molecule has 2 aliphatic rings. The molecule has 2 atom stereocenters. The Bertz CT molecular complexity index is 465. The van der Waals surface area contributed by atoms with Crippen LogP contribution in [0.2, 0.25) is 5.15 Å². The van der Waals surface area contributed by atoms with Gasteiger partial charge in [-0.1, -0.05) is 11.6 Å². The van der Waals surface area contributed by atoms with Crippen LogP contribution in [-0.2, 0) is 0 Å². The molecule has 0 aromatic carbocycles. The fraction of sp³-hybridized carbons (Fsp3) is 0.500. The zero-order valence-electron chi connectivity index (χ0n) is 9.79. The normalized spacial score (nSPS) is 26.5. The van der Waals surface area contributed by atoms with E-state index >= 15 is 0 Å². The Morgan fingerprint density at radius 2 is 2.28 bits per heavy atom. The van der Waals surface area contributed by atoms with E-state index in [0.717, 1.165) is 18.7 Å². The molecule has 1 N–H and O–H groups in total. The Balaban J connectivity index is 1.73. The standard InChI is InChI=1S/C12H14ClN3O2/c13-11-2-1-9(5-14-11)16-6-8-3-4-15(12(17)18)7-10(8)16/h1-2,5,8,10H,3-4,6-7H2,(H,17,18)/t8-,10-/m0/s1. The van der Waals surface area contributed by atoms with Gasteiger partial charge in [0.05, 0.1) is 17.9 Å². The number of carbonyl (C=O) groups is 1. The molecule has 2 saturated heterocycles. The molecule has 3 rings (SSSR count). The number of carboxylic acid groups (broad SMARTS) is 1. The summed E-state index contributed by atoms with van der Waals surface area (Å²) >= 11 is 5.76. The number of fused-ring (bicyclic) bond motifs is 1. The van der Waals surface area contributed by atoms with Crippen molar-refractivity contribution in [2.45, 2.75) is 12.5 Å². The highest BCUT2D eigenvalue weighted by Gasteiger charge is 2.43. The Labute approximate surface area is 110 Å². The Kier molecular flexibility index (Phi) is 2.78. The highest BCUT2D eigenvalue weighted by Crippen LogP contribution is 2.36. The third kappa shape index (κ3) is 1.88. The third-order valence-corrected chi connectivity index (χ3v) is 4.09. The van der Waals surface area contributed by atoms with Gasteiger partial charge in [-0.2, -0.15) is 0 Å². The number of piperidine rings is 1. The van der Waals surface area contributed by atoms with Crippen molar-refractivity contribution in [3.05, 3.63) is 23.5 Å². The highest BCUT2D eigenvalue weighted by molar-refractivity contribution is 6.29. The molecule has 0 radical (unpaired) electrons. The second-order valence-electron chi connectivity index (χ2n) is 4.84.